The second-order valence-electron chi connectivity index (χ2n) is 5.42. The van der Waals surface area contributed by atoms with E-state index in [-0.39, 0.29) is 24.1 Å². The van der Waals surface area contributed by atoms with Crippen LogP contribution in [-0.4, -0.2) is 42.0 Å². The Labute approximate surface area is 119 Å². The van der Waals surface area contributed by atoms with E-state index in [9.17, 15) is 9.18 Å². The van der Waals surface area contributed by atoms with Crippen molar-refractivity contribution in [2.45, 2.75) is 25.7 Å². The summed E-state index contributed by atoms with van der Waals surface area (Å²) in [5, 5.41) is 8.77. The summed E-state index contributed by atoms with van der Waals surface area (Å²) in [6.45, 7) is 3.11. The van der Waals surface area contributed by atoms with Crippen molar-refractivity contribution in [3.8, 4) is 0 Å². The van der Waals surface area contributed by atoms with Gasteiger partial charge in [-0.05, 0) is 69.6 Å². The monoisotopic (exact) mass is 278 g/mol. The molecule has 20 heavy (non-hydrogen) atoms. The van der Waals surface area contributed by atoms with Crippen LogP contribution in [0.15, 0.2) is 24.3 Å². The number of piperidine rings is 1. The SMILES string of the molecule is O=C(c1ccc([18F])cc1)C1CCN(CCCCO)CC1. The number of rotatable bonds is 6. The lowest BCUT2D eigenvalue weighted by Crippen LogP contribution is -2.37. The maximum absolute atomic E-state index is 12.9. The summed E-state index contributed by atoms with van der Waals surface area (Å²) in [6, 6.07) is 5.84. The summed E-state index contributed by atoms with van der Waals surface area (Å²) in [4.78, 5) is 14.7. The summed E-state index contributed by atoms with van der Waals surface area (Å²) < 4.78 is 12.9. The van der Waals surface area contributed by atoms with E-state index < -0.39 is 0 Å². The molecule has 0 aliphatic carbocycles. The van der Waals surface area contributed by atoms with Gasteiger partial charge in [0.15, 0.2) is 5.78 Å². The molecule has 0 aromatic heterocycles. The topological polar surface area (TPSA) is 40.5 Å². The standard InChI is InChI=1S/C16H22FNO2/c17-15-5-3-13(4-6-15)16(20)14-7-10-18(11-8-14)9-1-2-12-19/h3-6,14,19H,1-2,7-12H2/i17-1. The van der Waals surface area contributed by atoms with Gasteiger partial charge in [0.2, 0.25) is 0 Å². The molecule has 1 saturated heterocycles. The zero-order valence-corrected chi connectivity index (χ0v) is 11.7. The molecule has 1 heterocycles. The van der Waals surface area contributed by atoms with Crippen molar-refractivity contribution in [2.24, 2.45) is 5.92 Å². The minimum Gasteiger partial charge on any atom is -0.396 e. The number of halogens is 1. The number of ketones is 1. The number of carbonyl (C=O) groups is 1. The minimum atomic E-state index is -0.305. The first-order chi connectivity index (χ1) is 9.70. The lowest BCUT2D eigenvalue weighted by atomic mass is 9.89. The fourth-order valence-corrected chi connectivity index (χ4v) is 2.72. The average molecular weight is 278 g/mol. The normalized spacial score (nSPS) is 17.3. The lowest BCUT2D eigenvalue weighted by Gasteiger charge is -2.31. The second kappa shape index (κ2) is 7.50. The number of aliphatic hydroxyl groups excluding tert-OH is 1. The first-order valence-corrected chi connectivity index (χ1v) is 7.33. The number of aliphatic hydroxyl groups is 1. The van der Waals surface area contributed by atoms with Gasteiger partial charge in [0.05, 0.1) is 0 Å². The van der Waals surface area contributed by atoms with Crippen LogP contribution in [-0.2, 0) is 0 Å². The van der Waals surface area contributed by atoms with Crippen LogP contribution in [0, 0.1) is 11.7 Å². The maximum Gasteiger partial charge on any atom is 0.166 e. The van der Waals surface area contributed by atoms with Crippen LogP contribution in [0.2, 0.25) is 0 Å². The van der Waals surface area contributed by atoms with Gasteiger partial charge in [-0.2, -0.15) is 0 Å². The van der Waals surface area contributed by atoms with E-state index in [2.05, 4.69) is 4.90 Å². The van der Waals surface area contributed by atoms with Crippen molar-refractivity contribution in [3.63, 3.8) is 0 Å². The van der Waals surface area contributed by atoms with Crippen LogP contribution in [0.4, 0.5) is 4.39 Å². The molecule has 3 nitrogen and oxygen atoms in total. The van der Waals surface area contributed by atoms with Crippen molar-refractivity contribution in [1.29, 1.82) is 0 Å². The zero-order valence-electron chi connectivity index (χ0n) is 11.7. The third kappa shape index (κ3) is 4.12. The van der Waals surface area contributed by atoms with Crippen molar-refractivity contribution in [3.05, 3.63) is 35.6 Å². The second-order valence-corrected chi connectivity index (χ2v) is 5.42. The predicted molar refractivity (Wildman–Crippen MR) is 76.2 cm³/mol. The van der Waals surface area contributed by atoms with Gasteiger partial charge in [0.1, 0.15) is 5.82 Å². The van der Waals surface area contributed by atoms with Crippen molar-refractivity contribution in [2.75, 3.05) is 26.2 Å². The Morgan fingerprint density at radius 1 is 1.20 bits per heavy atom. The van der Waals surface area contributed by atoms with Crippen LogP contribution < -0.4 is 0 Å². The number of Topliss-reactive ketones (excluding diaryl/α,β-unsaturated/α-hetero) is 1. The molecule has 0 amide bonds. The molecule has 0 unspecified atom stereocenters. The van der Waals surface area contributed by atoms with Gasteiger partial charge in [-0.3, -0.25) is 4.79 Å². The Morgan fingerprint density at radius 2 is 1.85 bits per heavy atom. The molecule has 0 atom stereocenters. The Kier molecular flexibility index (Phi) is 5.68. The first kappa shape index (κ1) is 15.1. The summed E-state index contributed by atoms with van der Waals surface area (Å²) in [7, 11) is 0. The Hall–Kier alpha value is -1.26. The molecule has 0 spiro atoms. The van der Waals surface area contributed by atoms with Gasteiger partial charge in [-0.1, -0.05) is 0 Å². The molecule has 0 radical (unpaired) electrons. The van der Waals surface area contributed by atoms with E-state index in [4.69, 9.17) is 5.11 Å². The van der Waals surface area contributed by atoms with Crippen molar-refractivity contribution >= 4 is 5.78 Å². The van der Waals surface area contributed by atoms with Gasteiger partial charge in [0.25, 0.3) is 0 Å². The molecule has 2 rings (SSSR count). The number of hydrogen-bond acceptors (Lipinski definition) is 3. The van der Waals surface area contributed by atoms with E-state index in [1.807, 2.05) is 0 Å². The molecule has 1 fully saturated rings. The molecule has 1 N–H and O–H groups in total. The number of hydrogen-bond donors (Lipinski definition) is 1. The quantitative estimate of drug-likeness (QED) is 0.642. The largest absolute Gasteiger partial charge is 0.396 e. The molecule has 1 aliphatic heterocycles. The summed E-state index contributed by atoms with van der Waals surface area (Å²) >= 11 is 0. The van der Waals surface area contributed by atoms with E-state index in [0.29, 0.717) is 5.56 Å². The highest BCUT2D eigenvalue weighted by Gasteiger charge is 2.25. The minimum absolute atomic E-state index is 0.0644. The number of benzene rings is 1. The van der Waals surface area contributed by atoms with Gasteiger partial charge < -0.3 is 10.0 Å². The van der Waals surface area contributed by atoms with E-state index >= 15 is 0 Å². The van der Waals surface area contributed by atoms with Crippen LogP contribution in [0.3, 0.4) is 0 Å². The molecule has 1 aromatic rings. The van der Waals surface area contributed by atoms with Crippen LogP contribution in [0.1, 0.15) is 36.0 Å². The number of carbonyl (C=O) groups excluding carboxylic acids is 1. The highest BCUT2D eigenvalue weighted by molar-refractivity contribution is 5.97. The highest BCUT2D eigenvalue weighted by atomic mass is 18.2. The van der Waals surface area contributed by atoms with Crippen LogP contribution in [0.5, 0.6) is 0 Å². The Balaban J connectivity index is 1.81. The Bertz CT molecular complexity index is 425. The molecule has 1 aliphatic rings. The van der Waals surface area contributed by atoms with Gasteiger partial charge in [-0.25, -0.2) is 4.39 Å². The number of unbranched alkanes of at least 4 members (excludes halogenated alkanes) is 1. The summed E-state index contributed by atoms with van der Waals surface area (Å²) in [5.41, 5.74) is 0.616. The number of nitrogens with zero attached hydrogens (tertiary/aromatic N) is 1. The van der Waals surface area contributed by atoms with Crippen LogP contribution in [0.25, 0.3) is 0 Å². The summed E-state index contributed by atoms with van der Waals surface area (Å²) in [5.74, 6) is -0.102. The zero-order chi connectivity index (χ0) is 14.4. The van der Waals surface area contributed by atoms with E-state index in [0.717, 1.165) is 45.3 Å². The highest BCUT2D eigenvalue weighted by Crippen LogP contribution is 2.22. The molecule has 0 bridgehead atoms. The van der Waals surface area contributed by atoms with Gasteiger partial charge in [0, 0.05) is 18.1 Å². The molecular formula is C16H22FNO2. The fraction of sp³-hybridized carbons (Fsp3) is 0.562. The molecule has 1 aromatic carbocycles. The summed E-state index contributed by atoms with van der Waals surface area (Å²) in [6.07, 6.45) is 3.59. The Morgan fingerprint density at radius 3 is 2.45 bits per heavy atom. The van der Waals surface area contributed by atoms with Crippen molar-refractivity contribution < 1.29 is 14.3 Å². The lowest BCUT2D eigenvalue weighted by molar-refractivity contribution is 0.0838. The van der Waals surface area contributed by atoms with E-state index in [1.165, 1.54) is 12.1 Å². The third-order valence-electron chi connectivity index (χ3n) is 3.97. The average Bonchev–Trinajstić information content (AvgIpc) is 2.48. The van der Waals surface area contributed by atoms with Crippen molar-refractivity contribution in [1.82, 2.24) is 4.90 Å². The molecular weight excluding hydrogens is 256 g/mol. The third-order valence-corrected chi connectivity index (χ3v) is 3.97. The predicted octanol–water partition coefficient (Wildman–Crippen LogP) is 2.49. The number of likely N-dealkylation sites (tertiary alicyclic amines) is 1. The van der Waals surface area contributed by atoms with E-state index in [1.54, 1.807) is 12.1 Å². The fourth-order valence-electron chi connectivity index (χ4n) is 2.72. The smallest absolute Gasteiger partial charge is 0.166 e. The molecule has 110 valence electrons. The first-order valence-electron chi connectivity index (χ1n) is 7.33. The maximum atomic E-state index is 12.9. The van der Waals surface area contributed by atoms with Gasteiger partial charge >= 0.3 is 0 Å². The molecule has 4 heteroatoms. The molecule has 0 saturated carbocycles. The van der Waals surface area contributed by atoms with Gasteiger partial charge in [-0.15, -0.1) is 0 Å². The van der Waals surface area contributed by atoms with Crippen LogP contribution >= 0.6 is 0 Å².